The summed E-state index contributed by atoms with van der Waals surface area (Å²) in [6.07, 6.45) is 0.338. The Morgan fingerprint density at radius 1 is 1.33 bits per heavy atom. The van der Waals surface area contributed by atoms with E-state index in [4.69, 9.17) is 16.9 Å². The predicted octanol–water partition coefficient (Wildman–Crippen LogP) is 3.93. The standard InChI is InChI=1S/C8H4Br2ClN/c9-6-3-5(1-2-12)8(11)4-7(6)10/h3-4H,1H2. The molecule has 0 atom stereocenters. The Bertz CT molecular complexity index is 344. The Morgan fingerprint density at radius 2 is 1.92 bits per heavy atom. The fraction of sp³-hybridized carbons (Fsp3) is 0.125. The summed E-state index contributed by atoms with van der Waals surface area (Å²) < 4.78 is 1.81. The molecule has 12 heavy (non-hydrogen) atoms. The number of hydrogen-bond donors (Lipinski definition) is 0. The smallest absolute Gasteiger partial charge is 0.0670 e. The van der Waals surface area contributed by atoms with Gasteiger partial charge in [0.25, 0.3) is 0 Å². The van der Waals surface area contributed by atoms with Crippen LogP contribution in [0.15, 0.2) is 21.1 Å². The first-order chi connectivity index (χ1) is 5.65. The molecule has 62 valence electrons. The molecule has 0 aromatic heterocycles. The third-order valence-electron chi connectivity index (χ3n) is 1.36. The second kappa shape index (κ2) is 4.27. The molecule has 0 unspecified atom stereocenters. The van der Waals surface area contributed by atoms with Gasteiger partial charge in [-0.05, 0) is 49.6 Å². The Balaban J connectivity index is 3.16. The number of nitriles is 1. The van der Waals surface area contributed by atoms with Crippen molar-refractivity contribution in [1.82, 2.24) is 0 Å². The van der Waals surface area contributed by atoms with Gasteiger partial charge >= 0.3 is 0 Å². The molecule has 1 aromatic carbocycles. The minimum atomic E-state index is 0.338. The van der Waals surface area contributed by atoms with Crippen LogP contribution in [0.25, 0.3) is 0 Å². The van der Waals surface area contributed by atoms with Gasteiger partial charge in [0.1, 0.15) is 0 Å². The summed E-state index contributed by atoms with van der Waals surface area (Å²) in [5.74, 6) is 0. The minimum absolute atomic E-state index is 0.338. The van der Waals surface area contributed by atoms with E-state index in [-0.39, 0.29) is 0 Å². The van der Waals surface area contributed by atoms with E-state index < -0.39 is 0 Å². The van der Waals surface area contributed by atoms with Crippen LogP contribution in [-0.2, 0) is 6.42 Å². The van der Waals surface area contributed by atoms with Crippen molar-refractivity contribution in [3.8, 4) is 6.07 Å². The molecule has 4 heteroatoms. The van der Waals surface area contributed by atoms with Gasteiger partial charge in [-0.25, -0.2) is 0 Å². The lowest BCUT2D eigenvalue weighted by atomic mass is 10.2. The zero-order valence-corrected chi connectivity index (χ0v) is 9.87. The summed E-state index contributed by atoms with van der Waals surface area (Å²) in [5, 5.41) is 9.09. The quantitative estimate of drug-likeness (QED) is 0.721. The fourth-order valence-corrected chi connectivity index (χ4v) is 1.88. The maximum atomic E-state index is 8.47. The van der Waals surface area contributed by atoms with Crippen LogP contribution in [0, 0.1) is 11.3 Å². The van der Waals surface area contributed by atoms with Crippen LogP contribution < -0.4 is 0 Å². The third kappa shape index (κ3) is 2.22. The van der Waals surface area contributed by atoms with Crippen molar-refractivity contribution < 1.29 is 0 Å². The Kier molecular flexibility index (Phi) is 3.57. The summed E-state index contributed by atoms with van der Waals surface area (Å²) in [6, 6.07) is 5.67. The minimum Gasteiger partial charge on any atom is -0.198 e. The van der Waals surface area contributed by atoms with Gasteiger partial charge in [0.05, 0.1) is 12.5 Å². The highest BCUT2D eigenvalue weighted by atomic mass is 79.9. The number of hydrogen-bond acceptors (Lipinski definition) is 1. The van der Waals surface area contributed by atoms with E-state index >= 15 is 0 Å². The zero-order chi connectivity index (χ0) is 9.14. The summed E-state index contributed by atoms with van der Waals surface area (Å²) in [6.45, 7) is 0. The maximum absolute atomic E-state index is 8.47. The molecule has 0 radical (unpaired) electrons. The SMILES string of the molecule is N#CCc1cc(Br)c(Br)cc1Cl. The van der Waals surface area contributed by atoms with E-state index in [1.54, 1.807) is 6.07 Å². The maximum Gasteiger partial charge on any atom is 0.0670 e. The molecule has 0 amide bonds. The third-order valence-corrected chi connectivity index (χ3v) is 3.55. The van der Waals surface area contributed by atoms with Gasteiger partial charge in [-0.15, -0.1) is 0 Å². The topological polar surface area (TPSA) is 23.8 Å². The van der Waals surface area contributed by atoms with Crippen LogP contribution in [0.3, 0.4) is 0 Å². The normalized spacial score (nSPS) is 9.50. The Labute approximate surface area is 92.6 Å². The zero-order valence-electron chi connectivity index (χ0n) is 5.94. The summed E-state index contributed by atoms with van der Waals surface area (Å²) >= 11 is 12.5. The molecule has 1 nitrogen and oxygen atoms in total. The molecule has 0 spiro atoms. The monoisotopic (exact) mass is 307 g/mol. The number of benzene rings is 1. The first-order valence-electron chi connectivity index (χ1n) is 3.15. The summed E-state index contributed by atoms with van der Waals surface area (Å²) in [4.78, 5) is 0. The average molecular weight is 309 g/mol. The van der Waals surface area contributed by atoms with E-state index in [1.165, 1.54) is 0 Å². The molecule has 1 rings (SSSR count). The molecule has 0 saturated heterocycles. The molecular formula is C8H4Br2ClN. The molecule has 0 bridgehead atoms. The highest BCUT2D eigenvalue weighted by Crippen LogP contribution is 2.29. The van der Waals surface area contributed by atoms with E-state index in [0.717, 1.165) is 14.5 Å². The highest BCUT2D eigenvalue weighted by molar-refractivity contribution is 9.13. The van der Waals surface area contributed by atoms with Gasteiger partial charge in [-0.2, -0.15) is 5.26 Å². The molecule has 0 N–H and O–H groups in total. The highest BCUT2D eigenvalue weighted by Gasteiger charge is 2.04. The fourth-order valence-electron chi connectivity index (χ4n) is 0.784. The van der Waals surface area contributed by atoms with E-state index in [9.17, 15) is 0 Å². The van der Waals surface area contributed by atoms with Crippen molar-refractivity contribution in [2.75, 3.05) is 0 Å². The lowest BCUT2D eigenvalue weighted by molar-refractivity contribution is 1.25. The van der Waals surface area contributed by atoms with E-state index in [2.05, 4.69) is 37.9 Å². The number of nitrogens with zero attached hydrogens (tertiary/aromatic N) is 1. The molecular weight excluding hydrogens is 305 g/mol. The van der Waals surface area contributed by atoms with Crippen molar-refractivity contribution in [3.05, 3.63) is 31.7 Å². The first kappa shape index (κ1) is 10.0. The van der Waals surface area contributed by atoms with Gasteiger partial charge in [0, 0.05) is 14.0 Å². The van der Waals surface area contributed by atoms with Gasteiger partial charge in [-0.1, -0.05) is 11.6 Å². The molecule has 0 aliphatic carbocycles. The van der Waals surface area contributed by atoms with Gasteiger partial charge in [-0.3, -0.25) is 0 Å². The molecule has 0 fully saturated rings. The summed E-state index contributed by atoms with van der Waals surface area (Å²) in [7, 11) is 0. The molecule has 0 aliphatic rings. The summed E-state index contributed by atoms with van der Waals surface area (Å²) in [5.41, 5.74) is 0.842. The van der Waals surface area contributed by atoms with Crippen molar-refractivity contribution in [2.24, 2.45) is 0 Å². The van der Waals surface area contributed by atoms with E-state index in [1.807, 2.05) is 6.07 Å². The number of halogens is 3. The van der Waals surface area contributed by atoms with Gasteiger partial charge < -0.3 is 0 Å². The Morgan fingerprint density at radius 3 is 2.50 bits per heavy atom. The van der Waals surface area contributed by atoms with Crippen molar-refractivity contribution in [3.63, 3.8) is 0 Å². The number of rotatable bonds is 1. The largest absolute Gasteiger partial charge is 0.198 e. The van der Waals surface area contributed by atoms with E-state index in [0.29, 0.717) is 11.4 Å². The van der Waals surface area contributed by atoms with Crippen molar-refractivity contribution in [1.29, 1.82) is 5.26 Å². The second-order valence-corrected chi connectivity index (χ2v) is 4.31. The molecule has 0 heterocycles. The molecule has 1 aromatic rings. The molecule has 0 saturated carbocycles. The van der Waals surface area contributed by atoms with Crippen LogP contribution in [0.1, 0.15) is 5.56 Å². The van der Waals surface area contributed by atoms with Crippen LogP contribution in [0.2, 0.25) is 5.02 Å². The van der Waals surface area contributed by atoms with Crippen LogP contribution in [0.4, 0.5) is 0 Å². The van der Waals surface area contributed by atoms with Gasteiger partial charge in [0.2, 0.25) is 0 Å². The van der Waals surface area contributed by atoms with Crippen LogP contribution >= 0.6 is 43.5 Å². The van der Waals surface area contributed by atoms with Crippen LogP contribution in [-0.4, -0.2) is 0 Å². The van der Waals surface area contributed by atoms with Crippen LogP contribution in [0.5, 0.6) is 0 Å². The molecule has 0 aliphatic heterocycles. The Hall–Kier alpha value is -0.0400. The average Bonchev–Trinajstić information content (AvgIpc) is 2.01. The van der Waals surface area contributed by atoms with Crippen molar-refractivity contribution in [2.45, 2.75) is 6.42 Å². The second-order valence-electron chi connectivity index (χ2n) is 2.19. The first-order valence-corrected chi connectivity index (χ1v) is 5.12. The predicted molar refractivity (Wildman–Crippen MR) is 56.2 cm³/mol. The lowest BCUT2D eigenvalue weighted by Gasteiger charge is -2.01. The van der Waals surface area contributed by atoms with Crippen molar-refractivity contribution >= 4 is 43.5 Å². The lowest BCUT2D eigenvalue weighted by Crippen LogP contribution is -1.84. The van der Waals surface area contributed by atoms with Gasteiger partial charge in [0.15, 0.2) is 0 Å².